The first-order chi connectivity index (χ1) is 20.7. The Hall–Kier alpha value is -4.50. The summed E-state index contributed by atoms with van der Waals surface area (Å²) in [7, 11) is -3.89. The number of carboxylic acid groups (broad SMARTS) is 2. The van der Waals surface area contributed by atoms with Crippen molar-refractivity contribution in [1.29, 1.82) is 0 Å². The average molecular weight is 676 g/mol. The van der Waals surface area contributed by atoms with Crippen LogP contribution >= 0.6 is 0 Å². The van der Waals surface area contributed by atoms with E-state index < -0.39 is 50.6 Å². The summed E-state index contributed by atoms with van der Waals surface area (Å²) in [4.78, 5) is 43.1. The van der Waals surface area contributed by atoms with Gasteiger partial charge in [0.2, 0.25) is 0 Å². The zero-order valence-electron chi connectivity index (χ0n) is 23.0. The molecule has 2 aromatic carbocycles. The average Bonchev–Trinajstić information content (AvgIpc) is 2.95. The maximum absolute atomic E-state index is 13.3. The number of benzene rings is 2. The molecule has 21 heteroatoms. The van der Waals surface area contributed by atoms with Gasteiger partial charge in [-0.2, -0.15) is 26.3 Å². The number of anilines is 1. The molecule has 0 unspecified atom stereocenters. The van der Waals surface area contributed by atoms with Gasteiger partial charge in [0.15, 0.2) is 9.84 Å². The van der Waals surface area contributed by atoms with Crippen molar-refractivity contribution in [2.24, 2.45) is 0 Å². The summed E-state index contributed by atoms with van der Waals surface area (Å²) in [6.45, 7) is 3.08. The molecule has 1 aliphatic rings. The van der Waals surface area contributed by atoms with Gasteiger partial charge in [0.1, 0.15) is 17.5 Å². The maximum atomic E-state index is 13.3. The predicted octanol–water partition coefficient (Wildman–Crippen LogP) is -2.16. The molecule has 1 amide bonds. The van der Waals surface area contributed by atoms with Gasteiger partial charge >= 0.3 is 12.4 Å². The summed E-state index contributed by atoms with van der Waals surface area (Å²) in [6.07, 6.45) is -10.4. The molecule has 1 aliphatic heterocycles. The van der Waals surface area contributed by atoms with Crippen molar-refractivity contribution in [2.75, 3.05) is 44.6 Å². The van der Waals surface area contributed by atoms with E-state index in [9.17, 15) is 49.7 Å². The molecular formula is C24H27F6N5O9S. The van der Waals surface area contributed by atoms with E-state index in [1.54, 1.807) is 30.3 Å². The van der Waals surface area contributed by atoms with Crippen molar-refractivity contribution in [1.82, 2.24) is 4.90 Å². The number of nitrogens with two attached hydrogens (primary N) is 1. The Bertz CT molecular complexity index is 1430. The standard InChI is InChI=1S/C20H25N5O5S.2C2HF3O2/c21-6-7-23-17-13-18(25(27)28)16(20(26)24-10-8-22-9-11-24)12-19(17)31(29,30)14-15-4-2-1-3-5-15;2*3-2(4,5)1(6)7/h1-5,12-13,22-23H,6-11,14,21H2;2*(H,6,7). The highest BCUT2D eigenvalue weighted by Gasteiger charge is 2.32. The van der Waals surface area contributed by atoms with Crippen molar-refractivity contribution in [3.8, 4) is 0 Å². The van der Waals surface area contributed by atoms with Gasteiger partial charge in [0.05, 0.1) is 60.5 Å². The fraction of sp³-hybridized carbons (Fsp3) is 0.375. The number of nitro groups is 1. The van der Waals surface area contributed by atoms with Crippen LogP contribution in [0.25, 0.3) is 0 Å². The number of carboxylic acids is 2. The fourth-order valence-corrected chi connectivity index (χ4v) is 5.05. The second kappa shape index (κ2) is 16.5. The number of nitro benzene ring substituents is 1. The third kappa shape index (κ3) is 12.6. The minimum atomic E-state index is -5.19. The van der Waals surface area contributed by atoms with Gasteiger partial charge in [-0.1, -0.05) is 30.3 Å². The topological polar surface area (TPSA) is 234 Å². The Balaban J connectivity index is 0.000000601. The third-order valence-corrected chi connectivity index (χ3v) is 7.23. The molecule has 1 fully saturated rings. The molecule has 0 aromatic heterocycles. The van der Waals surface area contributed by atoms with Crippen molar-refractivity contribution in [3.63, 3.8) is 0 Å². The van der Waals surface area contributed by atoms with E-state index in [0.717, 1.165) is 12.1 Å². The van der Waals surface area contributed by atoms with Gasteiger partial charge in [-0.15, -0.1) is 0 Å². The molecule has 250 valence electrons. The van der Waals surface area contributed by atoms with Crippen molar-refractivity contribution < 1.29 is 75.3 Å². The molecule has 0 radical (unpaired) electrons. The van der Waals surface area contributed by atoms with Crippen LogP contribution in [0.2, 0.25) is 0 Å². The number of amides is 1. The zero-order valence-corrected chi connectivity index (χ0v) is 23.8. The number of carbonyl (C=O) groups excluding carboxylic acids is 3. The lowest BCUT2D eigenvalue weighted by Gasteiger charge is -2.25. The molecule has 14 nitrogen and oxygen atoms in total. The number of nitrogens with zero attached hydrogens (tertiary/aromatic N) is 2. The summed E-state index contributed by atoms with van der Waals surface area (Å²) < 4.78 is 89.6. The van der Waals surface area contributed by atoms with E-state index in [1.807, 2.05) is 0 Å². The summed E-state index contributed by atoms with van der Waals surface area (Å²) in [6, 6.07) is 11.0. The molecule has 0 aliphatic carbocycles. The number of rotatable bonds is 8. The number of quaternary nitrogens is 2. The molecule has 1 saturated heterocycles. The number of aliphatic carboxylic acids is 2. The zero-order chi connectivity index (χ0) is 34.6. The monoisotopic (exact) mass is 675 g/mol. The van der Waals surface area contributed by atoms with E-state index >= 15 is 0 Å². The van der Waals surface area contributed by atoms with Crippen molar-refractivity contribution in [3.05, 3.63) is 63.7 Å². The van der Waals surface area contributed by atoms with E-state index in [0.29, 0.717) is 44.8 Å². The minimum Gasteiger partial charge on any atom is -0.542 e. The summed E-state index contributed by atoms with van der Waals surface area (Å²) in [5.41, 5.74) is 3.79. The first-order valence-electron chi connectivity index (χ1n) is 12.5. The number of halogens is 6. The van der Waals surface area contributed by atoms with E-state index in [1.165, 1.54) is 4.90 Å². The maximum Gasteiger partial charge on any atom is 0.430 e. The SMILES string of the molecule is O=C([O-])C(F)(F)F.O=C([O-])C(F)(F)F.[NH3+]CCNc1cc([N+](=O)[O-])c(C(=O)N2CC[NH2+]CC2)cc1S(=O)(=O)Cc1ccccc1. The molecule has 0 atom stereocenters. The molecule has 0 saturated carbocycles. The molecule has 6 N–H and O–H groups in total. The Kier molecular flexibility index (Phi) is 14.2. The predicted molar refractivity (Wildman–Crippen MR) is 136 cm³/mol. The third-order valence-electron chi connectivity index (χ3n) is 5.51. The largest absolute Gasteiger partial charge is 0.542 e. The number of piperazine rings is 1. The van der Waals surface area contributed by atoms with Crippen LogP contribution < -0.4 is 26.6 Å². The van der Waals surface area contributed by atoms with Gasteiger partial charge in [0.25, 0.3) is 11.6 Å². The summed E-state index contributed by atoms with van der Waals surface area (Å²) >= 11 is 0. The highest BCUT2D eigenvalue weighted by atomic mass is 32.2. The van der Waals surface area contributed by atoms with Crippen LogP contribution in [0, 0.1) is 10.1 Å². The number of alkyl halides is 6. The van der Waals surface area contributed by atoms with Crippen LogP contribution in [0.15, 0.2) is 47.4 Å². The van der Waals surface area contributed by atoms with E-state index in [2.05, 4.69) is 16.4 Å². The second-order valence-electron chi connectivity index (χ2n) is 8.88. The van der Waals surface area contributed by atoms with Crippen LogP contribution in [0.1, 0.15) is 15.9 Å². The minimum absolute atomic E-state index is 0.106. The smallest absolute Gasteiger partial charge is 0.430 e. The summed E-state index contributed by atoms with van der Waals surface area (Å²) in [5.74, 6) is -6.82. The molecule has 3 rings (SSSR count). The van der Waals surface area contributed by atoms with Crippen LogP contribution in [-0.4, -0.2) is 87.7 Å². The molecule has 2 aromatic rings. The van der Waals surface area contributed by atoms with Crippen LogP contribution in [0.3, 0.4) is 0 Å². The lowest BCUT2D eigenvalue weighted by molar-refractivity contribution is -0.661. The molecule has 1 heterocycles. The van der Waals surface area contributed by atoms with Crippen LogP contribution in [-0.2, 0) is 25.2 Å². The molecular weight excluding hydrogens is 648 g/mol. The van der Waals surface area contributed by atoms with Crippen molar-refractivity contribution in [2.45, 2.75) is 23.0 Å². The van der Waals surface area contributed by atoms with Gasteiger partial charge < -0.3 is 41.1 Å². The fourth-order valence-electron chi connectivity index (χ4n) is 3.50. The normalized spacial score (nSPS) is 13.4. The molecule has 45 heavy (non-hydrogen) atoms. The number of sulfone groups is 1. The van der Waals surface area contributed by atoms with Crippen molar-refractivity contribution >= 4 is 39.1 Å². The first kappa shape index (κ1) is 38.5. The lowest BCUT2D eigenvalue weighted by atomic mass is 10.1. The highest BCUT2D eigenvalue weighted by Crippen LogP contribution is 2.33. The van der Waals surface area contributed by atoms with Crippen LogP contribution in [0.4, 0.5) is 37.7 Å². The van der Waals surface area contributed by atoms with Gasteiger partial charge in [-0.3, -0.25) is 14.9 Å². The van der Waals surface area contributed by atoms with Crippen LogP contribution in [0.5, 0.6) is 0 Å². The summed E-state index contributed by atoms with van der Waals surface area (Å²) in [5, 5.41) is 34.3. The van der Waals surface area contributed by atoms with E-state index in [4.69, 9.17) is 19.8 Å². The quantitative estimate of drug-likeness (QED) is 0.156. The van der Waals surface area contributed by atoms with Gasteiger partial charge in [-0.05, 0) is 11.6 Å². The van der Waals surface area contributed by atoms with Gasteiger partial charge in [-0.25, -0.2) is 8.42 Å². The lowest BCUT2D eigenvalue weighted by Crippen LogP contribution is -2.89. The Labute approximate surface area is 250 Å². The number of hydrogen-bond acceptors (Lipinski definition) is 10. The molecule has 0 bridgehead atoms. The first-order valence-corrected chi connectivity index (χ1v) is 14.2. The number of nitrogens with one attached hydrogen (secondary N) is 1. The Morgan fingerprint density at radius 3 is 1.87 bits per heavy atom. The van der Waals surface area contributed by atoms with Gasteiger partial charge in [0, 0.05) is 6.07 Å². The second-order valence-corrected chi connectivity index (χ2v) is 10.8. The van der Waals surface area contributed by atoms with E-state index in [-0.39, 0.29) is 21.9 Å². The Morgan fingerprint density at radius 2 is 1.44 bits per heavy atom. The molecule has 0 spiro atoms. The number of hydrogen-bond donors (Lipinski definition) is 3. The highest BCUT2D eigenvalue weighted by molar-refractivity contribution is 7.90. The Morgan fingerprint density at radius 1 is 0.956 bits per heavy atom. The number of carbonyl (C=O) groups is 3.